The van der Waals surface area contributed by atoms with Gasteiger partial charge in [-0.1, -0.05) is 306 Å². The van der Waals surface area contributed by atoms with Crippen molar-refractivity contribution in [2.75, 3.05) is 6.61 Å². The van der Waals surface area contributed by atoms with E-state index in [1.807, 2.05) is 6.08 Å². The Morgan fingerprint density at radius 2 is 0.621 bits per heavy atom. The molecule has 3 N–H and O–H groups in total. The first-order chi connectivity index (χ1) is 32.7. The topological polar surface area (TPSA) is 69.6 Å². The van der Waals surface area contributed by atoms with Gasteiger partial charge in [-0.15, -0.1) is 0 Å². The van der Waals surface area contributed by atoms with Crippen LogP contribution in [-0.4, -0.2) is 34.9 Å². The van der Waals surface area contributed by atoms with E-state index in [4.69, 9.17) is 0 Å². The van der Waals surface area contributed by atoms with Crippen molar-refractivity contribution in [1.82, 2.24) is 5.32 Å². The molecule has 4 heteroatoms. The van der Waals surface area contributed by atoms with Gasteiger partial charge in [-0.05, 0) is 57.8 Å². The van der Waals surface area contributed by atoms with Crippen LogP contribution in [0.1, 0.15) is 322 Å². The van der Waals surface area contributed by atoms with Gasteiger partial charge in [0.15, 0.2) is 0 Å². The summed E-state index contributed by atoms with van der Waals surface area (Å²) in [5.41, 5.74) is 0. The second-order valence-corrected chi connectivity index (χ2v) is 20.4. The Labute approximate surface area is 414 Å². The summed E-state index contributed by atoms with van der Waals surface area (Å²) < 4.78 is 0. The van der Waals surface area contributed by atoms with E-state index in [-0.39, 0.29) is 12.5 Å². The first kappa shape index (κ1) is 64.3. The smallest absolute Gasteiger partial charge is 0.220 e. The summed E-state index contributed by atoms with van der Waals surface area (Å²) in [4.78, 5) is 12.5. The van der Waals surface area contributed by atoms with E-state index in [9.17, 15) is 15.0 Å². The van der Waals surface area contributed by atoms with Crippen molar-refractivity contribution in [1.29, 1.82) is 0 Å². The minimum Gasteiger partial charge on any atom is -0.394 e. The van der Waals surface area contributed by atoms with E-state index in [0.29, 0.717) is 6.42 Å². The Morgan fingerprint density at radius 1 is 0.364 bits per heavy atom. The highest BCUT2D eigenvalue weighted by Gasteiger charge is 2.18. The third-order valence-corrected chi connectivity index (χ3v) is 13.8. The summed E-state index contributed by atoms with van der Waals surface area (Å²) >= 11 is 0. The van der Waals surface area contributed by atoms with Gasteiger partial charge in [0, 0.05) is 6.42 Å². The highest BCUT2D eigenvalue weighted by Crippen LogP contribution is 2.17. The predicted octanol–water partition coefficient (Wildman–Crippen LogP) is 19.8. The fraction of sp³-hybridized carbons (Fsp3) is 0.855. The van der Waals surface area contributed by atoms with Crippen LogP contribution in [0.15, 0.2) is 48.6 Å². The molecule has 66 heavy (non-hydrogen) atoms. The van der Waals surface area contributed by atoms with Crippen molar-refractivity contribution in [3.8, 4) is 0 Å². The van der Waals surface area contributed by atoms with Gasteiger partial charge in [0.25, 0.3) is 0 Å². The van der Waals surface area contributed by atoms with Gasteiger partial charge in [0.1, 0.15) is 0 Å². The number of amides is 1. The number of unbranched alkanes of at least 4 members (excludes halogenated alkanes) is 42. The molecule has 0 saturated heterocycles. The Bertz CT molecular complexity index is 1050. The molecule has 0 aromatic heterocycles. The molecule has 2 atom stereocenters. The molecule has 0 heterocycles. The highest BCUT2D eigenvalue weighted by molar-refractivity contribution is 5.76. The van der Waals surface area contributed by atoms with Gasteiger partial charge < -0.3 is 15.5 Å². The predicted molar refractivity (Wildman–Crippen MR) is 295 cm³/mol. The summed E-state index contributed by atoms with van der Waals surface area (Å²) in [5.74, 6) is -0.0590. The number of aliphatic hydroxyl groups is 2. The van der Waals surface area contributed by atoms with E-state index in [1.54, 1.807) is 6.08 Å². The van der Waals surface area contributed by atoms with Gasteiger partial charge in [-0.25, -0.2) is 0 Å². The molecule has 0 aromatic rings. The Hall–Kier alpha value is -1.65. The molecule has 0 bridgehead atoms. The minimum absolute atomic E-state index is 0.0590. The summed E-state index contributed by atoms with van der Waals surface area (Å²) in [7, 11) is 0. The van der Waals surface area contributed by atoms with E-state index in [2.05, 4.69) is 55.6 Å². The summed E-state index contributed by atoms with van der Waals surface area (Å²) in [6.45, 7) is 4.33. The van der Waals surface area contributed by atoms with Crippen molar-refractivity contribution in [2.45, 2.75) is 334 Å². The number of aliphatic hydroxyl groups excluding tert-OH is 2. The second kappa shape index (κ2) is 57.7. The van der Waals surface area contributed by atoms with Crippen molar-refractivity contribution >= 4 is 5.91 Å². The number of rotatable bonds is 55. The Balaban J connectivity index is 3.45. The number of carbonyl (C=O) groups is 1. The van der Waals surface area contributed by atoms with Crippen LogP contribution in [0, 0.1) is 0 Å². The maximum atomic E-state index is 12.5. The number of hydrogen-bond donors (Lipinski definition) is 3. The largest absolute Gasteiger partial charge is 0.394 e. The average Bonchev–Trinajstić information content (AvgIpc) is 3.32. The highest BCUT2D eigenvalue weighted by atomic mass is 16.3. The standard InChI is InChI=1S/C62H117NO3/c1-3-5-7-9-11-13-15-17-19-21-23-24-25-26-27-28-29-30-31-32-33-34-35-36-37-38-40-42-44-46-48-50-52-54-56-58-62(66)63-60(59-64)61(65)57-55-53-51-49-47-45-43-41-39-22-20-18-16-14-12-10-8-6-4-2/h15,17,21,23,25-26,55,57,60-61,64-65H,3-14,16,18-20,22,24,27-54,56,58-59H2,1-2H3,(H,63,66)/b17-15-,23-21-,26-25-,57-55+. The molecule has 0 aliphatic carbocycles. The molecule has 0 saturated carbocycles. The lowest BCUT2D eigenvalue weighted by molar-refractivity contribution is -0.123. The zero-order chi connectivity index (χ0) is 47.7. The molecule has 388 valence electrons. The molecule has 0 spiro atoms. The van der Waals surface area contributed by atoms with Crippen molar-refractivity contribution in [3.63, 3.8) is 0 Å². The van der Waals surface area contributed by atoms with Crippen LogP contribution in [0.5, 0.6) is 0 Å². The fourth-order valence-corrected chi connectivity index (χ4v) is 9.25. The van der Waals surface area contributed by atoms with Gasteiger partial charge in [-0.3, -0.25) is 4.79 Å². The van der Waals surface area contributed by atoms with E-state index < -0.39 is 12.1 Å². The average molecular weight is 925 g/mol. The van der Waals surface area contributed by atoms with Gasteiger partial charge in [0.2, 0.25) is 5.91 Å². The van der Waals surface area contributed by atoms with Crippen LogP contribution in [-0.2, 0) is 4.79 Å². The summed E-state index contributed by atoms with van der Waals surface area (Å²) in [5, 5.41) is 23.2. The zero-order valence-corrected chi connectivity index (χ0v) is 44.7. The molecule has 0 fully saturated rings. The van der Waals surface area contributed by atoms with Gasteiger partial charge in [-0.2, -0.15) is 0 Å². The van der Waals surface area contributed by atoms with Gasteiger partial charge in [0.05, 0.1) is 18.8 Å². The van der Waals surface area contributed by atoms with E-state index in [1.165, 1.54) is 263 Å². The fourth-order valence-electron chi connectivity index (χ4n) is 9.25. The van der Waals surface area contributed by atoms with Crippen LogP contribution in [0.25, 0.3) is 0 Å². The number of allylic oxidation sites excluding steroid dienone is 7. The minimum atomic E-state index is -0.839. The first-order valence-corrected chi connectivity index (χ1v) is 29.9. The van der Waals surface area contributed by atoms with Crippen LogP contribution >= 0.6 is 0 Å². The molecule has 1 amide bonds. The van der Waals surface area contributed by atoms with Crippen LogP contribution in [0.4, 0.5) is 0 Å². The molecule has 0 aromatic carbocycles. The van der Waals surface area contributed by atoms with Crippen LogP contribution < -0.4 is 5.32 Å². The summed E-state index contributed by atoms with van der Waals surface area (Å²) in [6, 6.07) is -0.622. The van der Waals surface area contributed by atoms with Crippen LogP contribution in [0.2, 0.25) is 0 Å². The Morgan fingerprint density at radius 3 is 0.924 bits per heavy atom. The lowest BCUT2D eigenvalue weighted by Crippen LogP contribution is -2.45. The molecule has 0 rings (SSSR count). The molecule has 2 unspecified atom stereocenters. The van der Waals surface area contributed by atoms with E-state index in [0.717, 1.165) is 38.5 Å². The third-order valence-electron chi connectivity index (χ3n) is 13.8. The van der Waals surface area contributed by atoms with Crippen molar-refractivity contribution in [2.24, 2.45) is 0 Å². The normalized spacial score (nSPS) is 13.1. The maximum absolute atomic E-state index is 12.5. The Kier molecular flexibility index (Phi) is 56.2. The molecular weight excluding hydrogens is 807 g/mol. The van der Waals surface area contributed by atoms with Crippen LogP contribution in [0.3, 0.4) is 0 Å². The monoisotopic (exact) mass is 924 g/mol. The third kappa shape index (κ3) is 53.3. The molecule has 4 nitrogen and oxygen atoms in total. The quantitative estimate of drug-likeness (QED) is 0.0420. The number of carbonyl (C=O) groups excluding carboxylic acids is 1. The lowest BCUT2D eigenvalue weighted by Gasteiger charge is -2.20. The SMILES string of the molecule is CCCCCCC/C=C\C/C=C\C/C=C\CCCCCCCCCCCCCCCCCCCCCCC(=O)NC(CO)C(O)/C=C/CCCCCCCCCCCCCCCCCCC. The zero-order valence-electron chi connectivity index (χ0n) is 44.7. The number of nitrogens with one attached hydrogen (secondary N) is 1. The first-order valence-electron chi connectivity index (χ1n) is 29.9. The molecule has 0 aliphatic rings. The molecule has 0 radical (unpaired) electrons. The van der Waals surface area contributed by atoms with Crippen molar-refractivity contribution in [3.05, 3.63) is 48.6 Å². The molecular formula is C62H117NO3. The van der Waals surface area contributed by atoms with Gasteiger partial charge >= 0.3 is 0 Å². The van der Waals surface area contributed by atoms with Crippen molar-refractivity contribution < 1.29 is 15.0 Å². The summed E-state index contributed by atoms with van der Waals surface area (Å²) in [6.07, 6.45) is 80.0. The number of hydrogen-bond acceptors (Lipinski definition) is 3. The lowest BCUT2D eigenvalue weighted by atomic mass is 10.0. The van der Waals surface area contributed by atoms with E-state index >= 15 is 0 Å². The second-order valence-electron chi connectivity index (χ2n) is 20.4. The maximum Gasteiger partial charge on any atom is 0.220 e. The molecule has 0 aliphatic heterocycles.